The van der Waals surface area contributed by atoms with E-state index in [1.165, 1.54) is 16.3 Å². The van der Waals surface area contributed by atoms with E-state index in [1.54, 1.807) is 0 Å². The van der Waals surface area contributed by atoms with Crippen molar-refractivity contribution in [3.05, 3.63) is 236 Å². The summed E-state index contributed by atoms with van der Waals surface area (Å²) in [5, 5.41) is 3.95. The van der Waals surface area contributed by atoms with Gasteiger partial charge < -0.3 is 9.32 Å². The maximum Gasteiger partial charge on any atom is 0.145 e. The van der Waals surface area contributed by atoms with Gasteiger partial charge in [-0.1, -0.05) is 194 Å². The van der Waals surface area contributed by atoms with Gasteiger partial charge in [-0.3, -0.25) is 0 Å². The van der Waals surface area contributed by atoms with Crippen molar-refractivity contribution in [2.45, 2.75) is 0 Å². The molecule has 60 heavy (non-hydrogen) atoms. The van der Waals surface area contributed by atoms with Gasteiger partial charge in [0.2, 0.25) is 0 Å². The van der Waals surface area contributed by atoms with E-state index in [0.29, 0.717) is 16.7 Å². The second-order valence-corrected chi connectivity index (χ2v) is 14.8. The highest BCUT2D eigenvalue weighted by Gasteiger charge is 2.23. The highest BCUT2D eigenvalue weighted by Crippen LogP contribution is 2.47. The van der Waals surface area contributed by atoms with Crippen LogP contribution < -0.4 is 4.90 Å². The maximum absolute atomic E-state index is 8.92. The zero-order chi connectivity index (χ0) is 44.2. The van der Waals surface area contributed by atoms with E-state index in [1.807, 2.05) is 42.5 Å². The Morgan fingerprint density at radius 3 is 1.55 bits per heavy atom. The van der Waals surface area contributed by atoms with Crippen LogP contribution in [0.25, 0.3) is 88.3 Å². The minimum Gasteiger partial charge on any atom is -0.455 e. The van der Waals surface area contributed by atoms with Crippen molar-refractivity contribution in [3.8, 4) is 55.6 Å². The molecule has 0 bridgehead atoms. The summed E-state index contributed by atoms with van der Waals surface area (Å²) >= 11 is 0. The summed E-state index contributed by atoms with van der Waals surface area (Å²) in [6.07, 6.45) is 0. The van der Waals surface area contributed by atoms with Crippen molar-refractivity contribution in [2.75, 3.05) is 4.90 Å². The molecule has 1 aromatic heterocycles. The molecule has 0 atom stereocenters. The highest BCUT2D eigenvalue weighted by atomic mass is 16.3. The Bertz CT molecular complexity index is 3570. The predicted octanol–water partition coefficient (Wildman–Crippen LogP) is 16.5. The number of furan rings is 1. The first kappa shape index (κ1) is 30.2. The van der Waals surface area contributed by atoms with Gasteiger partial charge >= 0.3 is 0 Å². The van der Waals surface area contributed by atoms with E-state index >= 15 is 0 Å². The Morgan fingerprint density at radius 1 is 0.350 bits per heavy atom. The number of benzene rings is 10. The second-order valence-electron chi connectivity index (χ2n) is 14.8. The largest absolute Gasteiger partial charge is 0.455 e. The molecule has 0 aliphatic carbocycles. The lowest BCUT2D eigenvalue weighted by molar-refractivity contribution is 0.670. The van der Waals surface area contributed by atoms with Crippen molar-refractivity contribution >= 4 is 49.8 Å². The number of para-hydroxylation sites is 1. The van der Waals surface area contributed by atoms with Gasteiger partial charge in [0.1, 0.15) is 11.2 Å². The fourth-order valence-electron chi connectivity index (χ4n) is 8.62. The molecule has 1 heterocycles. The highest BCUT2D eigenvalue weighted by molar-refractivity contribution is 6.17. The van der Waals surface area contributed by atoms with Crippen LogP contribution in [0.2, 0.25) is 0 Å². The number of fused-ring (bicyclic) bond motifs is 4. The molecule has 0 saturated heterocycles. The molecule has 11 rings (SSSR count). The fourth-order valence-corrected chi connectivity index (χ4v) is 8.62. The first-order valence-electron chi connectivity index (χ1n) is 22.6. The third kappa shape index (κ3) is 6.23. The molecule has 0 unspecified atom stereocenters. The van der Waals surface area contributed by atoms with E-state index in [0.717, 1.165) is 66.8 Å². The van der Waals surface area contributed by atoms with Crippen molar-refractivity contribution < 1.29 is 11.3 Å². The van der Waals surface area contributed by atoms with Crippen LogP contribution in [0.4, 0.5) is 17.1 Å². The van der Waals surface area contributed by atoms with E-state index in [4.69, 9.17) is 11.3 Å². The molecule has 282 valence electrons. The first-order valence-corrected chi connectivity index (χ1v) is 20.1. The van der Waals surface area contributed by atoms with Gasteiger partial charge in [-0.15, -0.1) is 0 Å². The molecule has 0 amide bonds. The van der Waals surface area contributed by atoms with Gasteiger partial charge in [0.05, 0.1) is 17.9 Å². The van der Waals surface area contributed by atoms with Crippen molar-refractivity contribution in [2.24, 2.45) is 0 Å². The smallest absolute Gasteiger partial charge is 0.145 e. The Balaban J connectivity index is 1.10. The van der Waals surface area contributed by atoms with Crippen LogP contribution in [0.1, 0.15) is 6.85 Å². The summed E-state index contributed by atoms with van der Waals surface area (Å²) in [5.74, 6) is 0. The van der Waals surface area contributed by atoms with Crippen LogP contribution >= 0.6 is 0 Å². The zero-order valence-corrected chi connectivity index (χ0v) is 32.5. The summed E-state index contributed by atoms with van der Waals surface area (Å²) in [6, 6.07) is 69.4. The van der Waals surface area contributed by atoms with Gasteiger partial charge in [-0.05, 0) is 103 Å². The number of anilines is 3. The molecule has 0 radical (unpaired) electrons. The second kappa shape index (κ2) is 15.1. The van der Waals surface area contributed by atoms with Crippen LogP contribution in [0.15, 0.2) is 241 Å². The normalized spacial score (nSPS) is 12.5. The Labute approximate surface area is 356 Å². The van der Waals surface area contributed by atoms with Crippen LogP contribution in [0, 0.1) is 0 Å². The average molecular weight is 771 g/mol. The molecule has 0 N–H and O–H groups in total. The molecular formula is C58H39NO. The quantitative estimate of drug-likeness (QED) is 0.153. The topological polar surface area (TPSA) is 16.4 Å². The van der Waals surface area contributed by atoms with Crippen molar-refractivity contribution in [3.63, 3.8) is 0 Å². The standard InChI is InChI=1S/C58H39NO/c1-3-16-40(17-4-1)49-23-9-11-25-52(49)53-26-12-10-24-50(53)44-32-36-46(37-33-44)59(45-34-30-43(31-35-45)48-28-15-21-41-20-7-8-22-47(41)48)55-39-38-51(42-18-5-2-6-19-42)58-57(55)54-27-13-14-29-56(54)60-58/h1-39H/i2D,5D,6D,18D,19D. The fraction of sp³-hybridized carbons (Fsp3) is 0. The van der Waals surface area contributed by atoms with Crippen LogP contribution in [-0.4, -0.2) is 0 Å². The van der Waals surface area contributed by atoms with Crippen molar-refractivity contribution in [1.29, 1.82) is 0 Å². The molecule has 2 heteroatoms. The molecule has 0 spiro atoms. The van der Waals surface area contributed by atoms with Gasteiger partial charge in [-0.2, -0.15) is 0 Å². The Kier molecular flexibility index (Phi) is 7.59. The Morgan fingerprint density at radius 2 is 0.867 bits per heavy atom. The lowest BCUT2D eigenvalue weighted by Crippen LogP contribution is -2.10. The third-order valence-corrected chi connectivity index (χ3v) is 11.4. The lowest BCUT2D eigenvalue weighted by Gasteiger charge is -2.27. The third-order valence-electron chi connectivity index (χ3n) is 11.4. The molecule has 0 aliphatic heterocycles. The van der Waals surface area contributed by atoms with Crippen LogP contribution in [-0.2, 0) is 0 Å². The van der Waals surface area contributed by atoms with Gasteiger partial charge in [0.25, 0.3) is 0 Å². The SMILES string of the molecule is [2H]c1c([2H])c([2H])c(-c2ccc(N(c3ccc(-c4ccccc4-c4ccccc4-c4ccccc4)cc3)c3ccc(-c4cccc5ccccc45)cc3)c3c2oc2ccccc23)c([2H])c1[2H]. The summed E-state index contributed by atoms with van der Waals surface area (Å²) in [5.41, 5.74) is 13.2. The van der Waals surface area contributed by atoms with E-state index in [9.17, 15) is 0 Å². The Hall–Kier alpha value is -7.94. The van der Waals surface area contributed by atoms with Gasteiger partial charge in [0, 0.05) is 22.3 Å². The summed E-state index contributed by atoms with van der Waals surface area (Å²) in [6.45, 7) is 0. The molecule has 2 nitrogen and oxygen atoms in total. The van der Waals surface area contributed by atoms with Crippen LogP contribution in [0.5, 0.6) is 0 Å². The van der Waals surface area contributed by atoms with E-state index in [2.05, 4.69) is 169 Å². The zero-order valence-electron chi connectivity index (χ0n) is 37.5. The monoisotopic (exact) mass is 770 g/mol. The van der Waals surface area contributed by atoms with Crippen molar-refractivity contribution in [1.82, 2.24) is 0 Å². The molecular weight excluding hydrogens is 727 g/mol. The lowest BCUT2D eigenvalue weighted by atomic mass is 9.89. The van der Waals surface area contributed by atoms with Crippen LogP contribution in [0.3, 0.4) is 0 Å². The number of hydrogen-bond donors (Lipinski definition) is 0. The molecule has 0 saturated carbocycles. The molecule has 11 aromatic rings. The summed E-state index contributed by atoms with van der Waals surface area (Å²) in [4.78, 5) is 2.21. The van der Waals surface area contributed by atoms with E-state index < -0.39 is 18.1 Å². The summed E-state index contributed by atoms with van der Waals surface area (Å²) in [7, 11) is 0. The van der Waals surface area contributed by atoms with Gasteiger partial charge in [0.15, 0.2) is 0 Å². The number of nitrogens with zero attached hydrogens (tertiary/aromatic N) is 1. The summed E-state index contributed by atoms with van der Waals surface area (Å²) < 4.78 is 49.8. The number of rotatable bonds is 8. The maximum atomic E-state index is 8.92. The van der Waals surface area contributed by atoms with E-state index in [-0.39, 0.29) is 17.6 Å². The molecule has 10 aromatic carbocycles. The minimum atomic E-state index is -0.439. The number of hydrogen-bond acceptors (Lipinski definition) is 2. The molecule has 0 fully saturated rings. The minimum absolute atomic E-state index is 0.0921. The van der Waals surface area contributed by atoms with Gasteiger partial charge in [-0.25, -0.2) is 0 Å². The average Bonchev–Trinajstić information content (AvgIpc) is 3.76. The predicted molar refractivity (Wildman–Crippen MR) is 253 cm³/mol. The molecule has 0 aliphatic rings. The first-order chi connectivity index (χ1) is 31.9.